The van der Waals surface area contributed by atoms with Gasteiger partial charge in [-0.2, -0.15) is 0 Å². The zero-order valence-corrected chi connectivity index (χ0v) is 17.5. The van der Waals surface area contributed by atoms with E-state index in [-0.39, 0.29) is 24.0 Å². The first-order chi connectivity index (χ1) is 13.4. The number of halogens is 2. The predicted molar refractivity (Wildman–Crippen MR) is 103 cm³/mol. The van der Waals surface area contributed by atoms with E-state index in [4.69, 9.17) is 4.74 Å². The van der Waals surface area contributed by atoms with Crippen LogP contribution >= 0.6 is 0 Å². The molecular weight excluding hydrogens is 378 g/mol. The van der Waals surface area contributed by atoms with Gasteiger partial charge in [0, 0.05) is 16.7 Å². The number of hydrogen-bond donors (Lipinski definition) is 1. The highest BCUT2D eigenvalue weighted by atomic mass is 19.1. The smallest absolute Gasteiger partial charge is 0.340 e. The van der Waals surface area contributed by atoms with Crippen LogP contribution in [0, 0.1) is 28.6 Å². The Balaban J connectivity index is 1.73. The molecule has 6 heteroatoms. The lowest BCUT2D eigenvalue weighted by molar-refractivity contribution is -0.208. The fourth-order valence-corrected chi connectivity index (χ4v) is 7.01. The topological polar surface area (TPSA) is 63.6 Å². The van der Waals surface area contributed by atoms with Crippen LogP contribution in [0.1, 0.15) is 53.4 Å². The van der Waals surface area contributed by atoms with Crippen molar-refractivity contribution < 1.29 is 28.2 Å². The molecule has 1 unspecified atom stereocenters. The highest BCUT2D eigenvalue weighted by Gasteiger charge is 2.71. The molecule has 1 N–H and O–H groups in total. The van der Waals surface area contributed by atoms with Gasteiger partial charge in [0.25, 0.3) is 0 Å². The molecule has 29 heavy (non-hydrogen) atoms. The molecule has 4 nitrogen and oxygen atoms in total. The van der Waals surface area contributed by atoms with Gasteiger partial charge in [-0.05, 0) is 63.5 Å². The molecule has 0 aliphatic heterocycles. The van der Waals surface area contributed by atoms with E-state index in [0.29, 0.717) is 19.3 Å². The minimum atomic E-state index is -1.90. The molecule has 3 fully saturated rings. The number of ether oxygens (including phenoxy) is 1. The van der Waals surface area contributed by atoms with Gasteiger partial charge in [-0.1, -0.05) is 25.5 Å². The maximum absolute atomic E-state index is 16.9. The maximum Gasteiger partial charge on any atom is 0.340 e. The predicted octanol–water partition coefficient (Wildman–Crippen LogP) is 3.87. The second-order valence-corrected chi connectivity index (χ2v) is 10.0. The molecule has 0 spiro atoms. The Hall–Kier alpha value is -1.56. The monoisotopic (exact) mass is 408 g/mol. The summed E-state index contributed by atoms with van der Waals surface area (Å²) < 4.78 is 35.9. The van der Waals surface area contributed by atoms with Crippen molar-refractivity contribution in [1.29, 1.82) is 0 Å². The van der Waals surface area contributed by atoms with Crippen molar-refractivity contribution in [1.82, 2.24) is 0 Å². The molecule has 0 saturated heterocycles. The lowest BCUT2D eigenvalue weighted by Gasteiger charge is -2.61. The van der Waals surface area contributed by atoms with Crippen molar-refractivity contribution in [2.75, 3.05) is 0 Å². The minimum absolute atomic E-state index is 0.0459. The van der Waals surface area contributed by atoms with Gasteiger partial charge < -0.3 is 9.84 Å². The Bertz CT molecular complexity index is 805. The number of allylic oxidation sites excluding steroid dienone is 4. The van der Waals surface area contributed by atoms with E-state index < -0.39 is 46.8 Å². The molecule has 9 atom stereocenters. The normalized spacial score (nSPS) is 49.6. The van der Waals surface area contributed by atoms with Crippen LogP contribution in [0.3, 0.4) is 0 Å². The van der Waals surface area contributed by atoms with Crippen molar-refractivity contribution in [2.24, 2.45) is 28.6 Å². The van der Waals surface area contributed by atoms with Gasteiger partial charge >= 0.3 is 5.97 Å². The fraction of sp³-hybridized carbons (Fsp3) is 0.739. The zero-order chi connectivity index (χ0) is 21.4. The van der Waals surface area contributed by atoms with Gasteiger partial charge in [-0.3, -0.25) is 4.79 Å². The van der Waals surface area contributed by atoms with E-state index in [1.165, 1.54) is 12.2 Å². The summed E-state index contributed by atoms with van der Waals surface area (Å²) in [6, 6.07) is 0. The standard InChI is InChI=1S/C23H30F2O4/c1-12-9-17-16-6-5-14-10-15(26)7-8-22(14,4)23(16,25)18(27)11-21(17,3)19(12)29-20(28)13(2)24/h7-8,10,12-13,16-19,27H,5-6,9,11H2,1-4H3/t12-,13?,16+,17+,18+,19-,21+,22+,23+/m1/s1. The second kappa shape index (κ2) is 6.47. The number of carbonyl (C=O) groups is 2. The molecule has 4 aliphatic carbocycles. The number of rotatable bonds is 2. The van der Waals surface area contributed by atoms with Crippen molar-refractivity contribution in [3.63, 3.8) is 0 Å². The third kappa shape index (κ3) is 2.63. The van der Waals surface area contributed by atoms with Gasteiger partial charge in [0.05, 0.1) is 6.10 Å². The van der Waals surface area contributed by atoms with E-state index in [2.05, 4.69) is 0 Å². The quantitative estimate of drug-likeness (QED) is 0.705. The van der Waals surface area contributed by atoms with Gasteiger partial charge in [-0.15, -0.1) is 0 Å². The van der Waals surface area contributed by atoms with Crippen molar-refractivity contribution >= 4 is 11.8 Å². The lowest BCUT2D eigenvalue weighted by atomic mass is 9.46. The van der Waals surface area contributed by atoms with Gasteiger partial charge in [0.15, 0.2) is 17.6 Å². The Morgan fingerprint density at radius 1 is 1.34 bits per heavy atom. The summed E-state index contributed by atoms with van der Waals surface area (Å²) in [6.45, 7) is 6.82. The maximum atomic E-state index is 16.9. The van der Waals surface area contributed by atoms with Crippen LogP contribution in [0.15, 0.2) is 23.8 Å². The number of alkyl halides is 2. The van der Waals surface area contributed by atoms with Crippen LogP contribution in [0.4, 0.5) is 8.78 Å². The average Bonchev–Trinajstić information content (AvgIpc) is 2.88. The Morgan fingerprint density at radius 3 is 2.69 bits per heavy atom. The number of carbonyl (C=O) groups excluding carboxylic acids is 2. The molecule has 4 rings (SSSR count). The third-order valence-electron chi connectivity index (χ3n) is 8.44. The SMILES string of the molecule is CC(F)C(=O)O[C@@H]1[C@H](C)C[C@H]2[C@@H]3CCC4=CC(=O)C=C[C@]4(C)[C@@]3(F)[C@@H](O)C[C@]12C. The minimum Gasteiger partial charge on any atom is -0.459 e. The van der Waals surface area contributed by atoms with Crippen LogP contribution in [0.2, 0.25) is 0 Å². The van der Waals surface area contributed by atoms with Crippen molar-refractivity contribution in [3.8, 4) is 0 Å². The number of esters is 1. The first kappa shape index (κ1) is 20.7. The molecule has 0 bridgehead atoms. The summed E-state index contributed by atoms with van der Waals surface area (Å²) in [7, 11) is 0. The molecular formula is C23H30F2O4. The number of aliphatic hydroxyl groups is 1. The molecule has 0 aromatic heterocycles. The summed E-state index contributed by atoms with van der Waals surface area (Å²) in [6.07, 6.45) is 2.94. The van der Waals surface area contributed by atoms with Gasteiger partial charge in [0.2, 0.25) is 0 Å². The summed E-state index contributed by atoms with van der Waals surface area (Å²) in [5.74, 6) is -1.61. The molecule has 3 saturated carbocycles. The van der Waals surface area contributed by atoms with E-state index in [9.17, 15) is 19.1 Å². The van der Waals surface area contributed by atoms with E-state index in [1.807, 2.05) is 13.8 Å². The zero-order valence-electron chi connectivity index (χ0n) is 17.5. The van der Waals surface area contributed by atoms with Crippen molar-refractivity contribution in [3.05, 3.63) is 23.8 Å². The Kier molecular flexibility index (Phi) is 4.62. The van der Waals surface area contributed by atoms with Crippen LogP contribution in [0.25, 0.3) is 0 Å². The highest BCUT2D eigenvalue weighted by molar-refractivity contribution is 6.01. The number of fused-ring (bicyclic) bond motifs is 5. The number of aliphatic hydroxyl groups excluding tert-OH is 1. The van der Waals surface area contributed by atoms with Crippen molar-refractivity contribution in [2.45, 2.75) is 77.4 Å². The van der Waals surface area contributed by atoms with Gasteiger partial charge in [-0.25, -0.2) is 13.6 Å². The fourth-order valence-electron chi connectivity index (χ4n) is 7.01. The average molecular weight is 408 g/mol. The van der Waals surface area contributed by atoms with E-state index >= 15 is 4.39 Å². The second-order valence-electron chi connectivity index (χ2n) is 10.0. The summed E-state index contributed by atoms with van der Waals surface area (Å²) in [5.41, 5.74) is -2.80. The molecule has 0 aromatic rings. The number of ketones is 1. The van der Waals surface area contributed by atoms with E-state index in [0.717, 1.165) is 12.5 Å². The molecule has 160 valence electrons. The number of hydrogen-bond acceptors (Lipinski definition) is 4. The van der Waals surface area contributed by atoms with Crippen LogP contribution in [-0.4, -0.2) is 40.9 Å². The molecule has 4 aliphatic rings. The summed E-state index contributed by atoms with van der Waals surface area (Å²) in [5, 5.41) is 11.2. The molecule has 0 aromatic carbocycles. The largest absolute Gasteiger partial charge is 0.459 e. The summed E-state index contributed by atoms with van der Waals surface area (Å²) in [4.78, 5) is 23.8. The highest BCUT2D eigenvalue weighted by Crippen LogP contribution is 2.68. The van der Waals surface area contributed by atoms with Crippen LogP contribution < -0.4 is 0 Å². The first-order valence-electron chi connectivity index (χ1n) is 10.6. The summed E-state index contributed by atoms with van der Waals surface area (Å²) >= 11 is 0. The van der Waals surface area contributed by atoms with Crippen LogP contribution in [0.5, 0.6) is 0 Å². The molecule has 0 radical (unpaired) electrons. The third-order valence-corrected chi connectivity index (χ3v) is 8.44. The van der Waals surface area contributed by atoms with Gasteiger partial charge in [0.1, 0.15) is 6.10 Å². The first-order valence-corrected chi connectivity index (χ1v) is 10.6. The lowest BCUT2D eigenvalue weighted by Crippen LogP contribution is -2.67. The van der Waals surface area contributed by atoms with E-state index in [1.54, 1.807) is 13.0 Å². The Labute approximate surface area is 170 Å². The molecule has 0 amide bonds. The van der Waals surface area contributed by atoms with Crippen LogP contribution in [-0.2, 0) is 14.3 Å². The molecule has 0 heterocycles. The Morgan fingerprint density at radius 2 is 2.03 bits per heavy atom.